The zero-order valence-corrected chi connectivity index (χ0v) is 23.7. The maximum atomic E-state index is 11.8. The molecule has 38 heavy (non-hydrogen) atoms. The van der Waals surface area contributed by atoms with E-state index in [2.05, 4.69) is 47.8 Å². The van der Waals surface area contributed by atoms with Crippen molar-refractivity contribution in [2.24, 2.45) is 5.92 Å². The van der Waals surface area contributed by atoms with E-state index < -0.39 is 5.97 Å². The van der Waals surface area contributed by atoms with Crippen molar-refractivity contribution in [2.75, 3.05) is 42.3 Å². The number of piperidine rings is 1. The molecule has 0 spiro atoms. The normalized spacial score (nSPS) is 15.3. The summed E-state index contributed by atoms with van der Waals surface area (Å²) in [5, 5.41) is 9.67. The van der Waals surface area contributed by atoms with E-state index in [1.165, 1.54) is 6.42 Å². The molecule has 1 aliphatic rings. The molecule has 202 valence electrons. The van der Waals surface area contributed by atoms with Crippen molar-refractivity contribution in [1.82, 2.24) is 9.97 Å². The first kappa shape index (κ1) is 27.7. The zero-order valence-electron chi connectivity index (χ0n) is 22.1. The summed E-state index contributed by atoms with van der Waals surface area (Å²) in [7, 11) is 1.67. The summed E-state index contributed by atoms with van der Waals surface area (Å²) in [5.41, 5.74) is 9.21. The third-order valence-corrected chi connectivity index (χ3v) is 7.51. The van der Waals surface area contributed by atoms with Crippen molar-refractivity contribution in [3.05, 3.63) is 69.8 Å². The highest BCUT2D eigenvalue weighted by Crippen LogP contribution is 2.31. The van der Waals surface area contributed by atoms with Crippen LogP contribution in [0.5, 0.6) is 5.75 Å². The zero-order chi connectivity index (χ0) is 27.1. The summed E-state index contributed by atoms with van der Waals surface area (Å²) in [6.45, 7) is 5.20. The number of carbonyl (C=O) groups is 1. The number of carboxylic acid groups (broad SMARTS) is 1. The molecular formula is C29H36BrN5O3. The second-order valence-electron chi connectivity index (χ2n) is 9.92. The lowest BCUT2D eigenvalue weighted by atomic mass is 9.92. The third kappa shape index (κ3) is 7.37. The number of halogens is 1. The SMILES string of the molecule is COc1ccc(CN(CCCCC2CCCN(c3cc(Br)ccc3C(=O)O)C2)c2nc(C)cc(N)n2)cc1. The Hall–Kier alpha value is -3.33. The van der Waals surface area contributed by atoms with Crippen molar-refractivity contribution in [3.63, 3.8) is 0 Å². The summed E-state index contributed by atoms with van der Waals surface area (Å²) in [4.78, 5) is 25.4. The average molecular weight is 583 g/mol. The van der Waals surface area contributed by atoms with Crippen molar-refractivity contribution in [1.29, 1.82) is 0 Å². The van der Waals surface area contributed by atoms with Gasteiger partial charge in [-0.25, -0.2) is 9.78 Å². The fraction of sp³-hybridized carbons (Fsp3) is 0.414. The quantitative estimate of drug-likeness (QED) is 0.268. The predicted molar refractivity (Wildman–Crippen MR) is 155 cm³/mol. The Morgan fingerprint density at radius 1 is 1.18 bits per heavy atom. The van der Waals surface area contributed by atoms with Gasteiger partial charge in [0.05, 0.1) is 18.4 Å². The van der Waals surface area contributed by atoms with Gasteiger partial charge >= 0.3 is 5.97 Å². The Labute approximate surface area is 233 Å². The standard InChI is InChI=1S/C29H36BrN5O3/c1-20-16-27(31)33-29(32-20)35(19-22-8-11-24(38-2)12-9-22)14-4-3-6-21-7-5-15-34(18-21)26-17-23(30)10-13-25(26)28(36)37/h8-13,16-17,21H,3-7,14-15,18-19H2,1-2H3,(H,36,37)(H2,31,32,33). The second-order valence-corrected chi connectivity index (χ2v) is 10.8. The number of aromatic nitrogens is 2. The van der Waals surface area contributed by atoms with Crippen LogP contribution in [0, 0.1) is 12.8 Å². The largest absolute Gasteiger partial charge is 0.497 e. The van der Waals surface area contributed by atoms with Gasteiger partial charge in [0.1, 0.15) is 11.6 Å². The van der Waals surface area contributed by atoms with Crippen LogP contribution in [0.15, 0.2) is 53.0 Å². The van der Waals surface area contributed by atoms with Gasteiger partial charge in [0, 0.05) is 42.4 Å². The third-order valence-electron chi connectivity index (χ3n) is 7.02. The van der Waals surface area contributed by atoms with E-state index in [-0.39, 0.29) is 0 Å². The van der Waals surface area contributed by atoms with Crippen LogP contribution in [0.4, 0.5) is 17.5 Å². The molecule has 1 atom stereocenters. The Kier molecular flexibility index (Phi) is 9.44. The minimum Gasteiger partial charge on any atom is -0.497 e. The van der Waals surface area contributed by atoms with Crippen LogP contribution in [-0.2, 0) is 6.54 Å². The number of hydrogen-bond donors (Lipinski definition) is 2. The Morgan fingerprint density at radius 3 is 2.68 bits per heavy atom. The molecule has 2 heterocycles. The smallest absolute Gasteiger partial charge is 0.337 e. The monoisotopic (exact) mass is 581 g/mol. The number of nitrogen functional groups attached to an aromatic ring is 1. The molecule has 2 aromatic carbocycles. The van der Waals surface area contributed by atoms with E-state index >= 15 is 0 Å². The highest BCUT2D eigenvalue weighted by Gasteiger charge is 2.24. The molecule has 1 saturated heterocycles. The van der Waals surface area contributed by atoms with Gasteiger partial charge in [0.15, 0.2) is 0 Å². The van der Waals surface area contributed by atoms with Gasteiger partial charge in [-0.15, -0.1) is 0 Å². The number of rotatable bonds is 11. The summed E-state index contributed by atoms with van der Waals surface area (Å²) >= 11 is 3.50. The lowest BCUT2D eigenvalue weighted by Crippen LogP contribution is -2.36. The molecule has 8 nitrogen and oxygen atoms in total. The number of anilines is 3. The fourth-order valence-corrected chi connectivity index (χ4v) is 5.47. The lowest BCUT2D eigenvalue weighted by Gasteiger charge is -2.35. The molecule has 1 aliphatic heterocycles. The minimum atomic E-state index is -0.884. The van der Waals surface area contributed by atoms with E-state index in [4.69, 9.17) is 10.5 Å². The van der Waals surface area contributed by atoms with E-state index in [9.17, 15) is 9.90 Å². The number of ether oxygens (including phenoxy) is 1. The van der Waals surface area contributed by atoms with Gasteiger partial charge < -0.3 is 25.4 Å². The Balaban J connectivity index is 1.37. The van der Waals surface area contributed by atoms with Crippen LogP contribution in [0.3, 0.4) is 0 Å². The number of aryl methyl sites for hydroxylation is 1. The van der Waals surface area contributed by atoms with Gasteiger partial charge in [0.2, 0.25) is 5.95 Å². The number of benzene rings is 2. The predicted octanol–water partition coefficient (Wildman–Crippen LogP) is 5.93. The molecule has 3 aromatic rings. The minimum absolute atomic E-state index is 0.362. The number of methoxy groups -OCH3 is 1. The molecule has 4 rings (SSSR count). The summed E-state index contributed by atoms with van der Waals surface area (Å²) in [6, 6.07) is 15.2. The van der Waals surface area contributed by atoms with Gasteiger partial charge in [-0.05, 0) is 74.4 Å². The Morgan fingerprint density at radius 2 is 1.97 bits per heavy atom. The molecule has 0 saturated carbocycles. The highest BCUT2D eigenvalue weighted by atomic mass is 79.9. The lowest BCUT2D eigenvalue weighted by molar-refractivity contribution is 0.0697. The maximum Gasteiger partial charge on any atom is 0.337 e. The van der Waals surface area contributed by atoms with Crippen LogP contribution >= 0.6 is 15.9 Å². The van der Waals surface area contributed by atoms with E-state index in [1.54, 1.807) is 25.3 Å². The first-order valence-corrected chi connectivity index (χ1v) is 13.9. The molecule has 1 fully saturated rings. The molecule has 9 heteroatoms. The molecule has 0 aliphatic carbocycles. The van der Waals surface area contributed by atoms with Crippen LogP contribution in [0.2, 0.25) is 0 Å². The molecule has 1 unspecified atom stereocenters. The van der Waals surface area contributed by atoms with Crippen molar-refractivity contribution in [2.45, 2.75) is 45.6 Å². The second kappa shape index (κ2) is 13.0. The van der Waals surface area contributed by atoms with Gasteiger partial charge in [-0.1, -0.05) is 34.5 Å². The number of aromatic carboxylic acids is 1. The summed E-state index contributed by atoms with van der Waals surface area (Å²) in [6.07, 6.45) is 5.40. The molecule has 0 radical (unpaired) electrons. The van der Waals surface area contributed by atoms with Crippen molar-refractivity contribution < 1.29 is 14.6 Å². The molecule has 0 bridgehead atoms. The number of carboxylic acids is 1. The first-order chi connectivity index (χ1) is 18.3. The molecule has 3 N–H and O–H groups in total. The molecule has 1 aromatic heterocycles. The van der Waals surface area contributed by atoms with Gasteiger partial charge in [-0.2, -0.15) is 4.98 Å². The maximum absolute atomic E-state index is 11.8. The molecule has 0 amide bonds. The van der Waals surface area contributed by atoms with Crippen molar-refractivity contribution >= 4 is 39.4 Å². The van der Waals surface area contributed by atoms with E-state index in [0.29, 0.717) is 29.8 Å². The van der Waals surface area contributed by atoms with Crippen molar-refractivity contribution in [3.8, 4) is 5.75 Å². The van der Waals surface area contributed by atoms with E-state index in [1.807, 2.05) is 25.1 Å². The fourth-order valence-electron chi connectivity index (χ4n) is 5.12. The topological polar surface area (TPSA) is 105 Å². The number of nitrogens with two attached hydrogens (primary N) is 1. The average Bonchev–Trinajstić information content (AvgIpc) is 2.90. The molecular weight excluding hydrogens is 546 g/mol. The Bertz CT molecular complexity index is 1220. The summed E-state index contributed by atoms with van der Waals surface area (Å²) < 4.78 is 6.20. The van der Waals surface area contributed by atoms with Crippen LogP contribution in [0.25, 0.3) is 0 Å². The van der Waals surface area contributed by atoms with Crippen LogP contribution < -0.4 is 20.3 Å². The van der Waals surface area contributed by atoms with Gasteiger partial charge in [-0.3, -0.25) is 0 Å². The summed E-state index contributed by atoms with van der Waals surface area (Å²) in [5.74, 6) is 1.60. The van der Waals surface area contributed by atoms with Gasteiger partial charge in [0.25, 0.3) is 0 Å². The van der Waals surface area contributed by atoms with Crippen LogP contribution in [0.1, 0.15) is 53.7 Å². The van der Waals surface area contributed by atoms with Crippen LogP contribution in [-0.4, -0.2) is 47.8 Å². The number of nitrogens with zero attached hydrogens (tertiary/aromatic N) is 4. The first-order valence-electron chi connectivity index (χ1n) is 13.1. The number of hydrogen-bond acceptors (Lipinski definition) is 7. The number of unbranched alkanes of at least 4 members (excludes halogenated alkanes) is 1. The highest BCUT2D eigenvalue weighted by molar-refractivity contribution is 9.10. The van der Waals surface area contributed by atoms with E-state index in [0.717, 1.165) is 72.5 Å².